The van der Waals surface area contributed by atoms with Gasteiger partial charge in [-0.25, -0.2) is 4.39 Å². The van der Waals surface area contributed by atoms with Crippen LogP contribution in [0.5, 0.6) is 5.75 Å². The van der Waals surface area contributed by atoms with E-state index in [0.29, 0.717) is 22.7 Å². The molecule has 1 aliphatic heterocycles. The van der Waals surface area contributed by atoms with Crippen LogP contribution in [-0.4, -0.2) is 18.4 Å². The molecule has 0 fully saturated rings. The minimum absolute atomic E-state index is 0.0866. The molecule has 6 heteroatoms. The molecule has 0 radical (unpaired) electrons. The van der Waals surface area contributed by atoms with Gasteiger partial charge in [-0.2, -0.15) is 0 Å². The quantitative estimate of drug-likeness (QED) is 0.718. The fourth-order valence-electron chi connectivity index (χ4n) is 3.24. The Morgan fingerprint density at radius 3 is 2.59 bits per heavy atom. The van der Waals surface area contributed by atoms with Crippen molar-refractivity contribution in [2.75, 3.05) is 16.8 Å². The van der Waals surface area contributed by atoms with E-state index in [1.165, 1.54) is 11.0 Å². The van der Waals surface area contributed by atoms with Gasteiger partial charge in [0.05, 0.1) is 18.7 Å². The normalized spacial score (nSPS) is 12.9. The van der Waals surface area contributed by atoms with Crippen molar-refractivity contribution in [3.05, 3.63) is 89.7 Å². The lowest BCUT2D eigenvalue weighted by molar-refractivity contribution is -0.121. The average molecular weight is 390 g/mol. The second-order valence-corrected chi connectivity index (χ2v) is 6.75. The summed E-state index contributed by atoms with van der Waals surface area (Å²) in [5.41, 5.74) is 2.36. The highest BCUT2D eigenvalue weighted by atomic mass is 19.1. The van der Waals surface area contributed by atoms with Crippen LogP contribution in [0.4, 0.5) is 15.8 Å². The molecular weight excluding hydrogens is 371 g/mol. The number of fused-ring (bicyclic) bond motifs is 1. The Labute approximate surface area is 167 Å². The van der Waals surface area contributed by atoms with Gasteiger partial charge in [0.1, 0.15) is 11.6 Å². The summed E-state index contributed by atoms with van der Waals surface area (Å²) in [4.78, 5) is 26.3. The van der Waals surface area contributed by atoms with Crippen molar-refractivity contribution in [1.82, 2.24) is 0 Å². The van der Waals surface area contributed by atoms with Crippen LogP contribution in [0, 0.1) is 5.82 Å². The van der Waals surface area contributed by atoms with Crippen LogP contribution in [-0.2, 0) is 22.6 Å². The molecule has 1 heterocycles. The SMILES string of the molecule is O=C(Cc1ccccc1)Nc1ccc2c(c1)N(Cc1ccccc1F)C(=O)CO2. The Morgan fingerprint density at radius 1 is 1.03 bits per heavy atom. The van der Waals surface area contributed by atoms with Gasteiger partial charge in [-0.05, 0) is 29.8 Å². The van der Waals surface area contributed by atoms with Gasteiger partial charge < -0.3 is 15.0 Å². The highest BCUT2D eigenvalue weighted by molar-refractivity contribution is 5.99. The molecule has 0 atom stereocenters. The first-order valence-electron chi connectivity index (χ1n) is 9.24. The fourth-order valence-corrected chi connectivity index (χ4v) is 3.24. The maximum Gasteiger partial charge on any atom is 0.265 e. The summed E-state index contributed by atoms with van der Waals surface area (Å²) in [7, 11) is 0. The van der Waals surface area contributed by atoms with Gasteiger partial charge in [0.25, 0.3) is 5.91 Å². The predicted molar refractivity (Wildman–Crippen MR) is 108 cm³/mol. The molecule has 146 valence electrons. The molecule has 3 aromatic rings. The second-order valence-electron chi connectivity index (χ2n) is 6.75. The molecule has 4 rings (SSSR count). The zero-order chi connectivity index (χ0) is 20.2. The summed E-state index contributed by atoms with van der Waals surface area (Å²) in [5, 5.41) is 2.84. The average Bonchev–Trinajstić information content (AvgIpc) is 2.72. The molecule has 3 aromatic carbocycles. The van der Waals surface area contributed by atoms with Crippen molar-refractivity contribution in [3.8, 4) is 5.75 Å². The van der Waals surface area contributed by atoms with Gasteiger partial charge in [0, 0.05) is 11.3 Å². The maximum absolute atomic E-state index is 14.1. The van der Waals surface area contributed by atoms with Gasteiger partial charge in [-0.15, -0.1) is 0 Å². The van der Waals surface area contributed by atoms with Gasteiger partial charge in [-0.1, -0.05) is 48.5 Å². The summed E-state index contributed by atoms with van der Waals surface area (Å²) >= 11 is 0. The second kappa shape index (κ2) is 8.14. The third-order valence-electron chi connectivity index (χ3n) is 4.68. The Bertz CT molecular complexity index is 1050. The molecule has 0 saturated carbocycles. The van der Waals surface area contributed by atoms with E-state index in [2.05, 4.69) is 5.32 Å². The highest BCUT2D eigenvalue weighted by Gasteiger charge is 2.27. The molecule has 0 saturated heterocycles. The van der Waals surface area contributed by atoms with Crippen molar-refractivity contribution in [1.29, 1.82) is 0 Å². The highest BCUT2D eigenvalue weighted by Crippen LogP contribution is 2.35. The molecule has 29 heavy (non-hydrogen) atoms. The zero-order valence-electron chi connectivity index (χ0n) is 15.6. The van der Waals surface area contributed by atoms with Crippen molar-refractivity contribution in [2.45, 2.75) is 13.0 Å². The summed E-state index contributed by atoms with van der Waals surface area (Å²) in [6, 6.07) is 20.9. The number of hydrogen-bond acceptors (Lipinski definition) is 3. The number of nitrogens with one attached hydrogen (secondary N) is 1. The number of nitrogens with zero attached hydrogens (tertiary/aromatic N) is 1. The Morgan fingerprint density at radius 2 is 1.79 bits per heavy atom. The van der Waals surface area contributed by atoms with E-state index in [-0.39, 0.29) is 37.2 Å². The van der Waals surface area contributed by atoms with Crippen LogP contribution < -0.4 is 15.0 Å². The van der Waals surface area contributed by atoms with Crippen LogP contribution in [0.3, 0.4) is 0 Å². The Balaban J connectivity index is 1.55. The van der Waals surface area contributed by atoms with E-state index in [4.69, 9.17) is 4.74 Å². The largest absolute Gasteiger partial charge is 0.482 e. The van der Waals surface area contributed by atoms with Crippen LogP contribution in [0.25, 0.3) is 0 Å². The van der Waals surface area contributed by atoms with Crippen molar-refractivity contribution in [3.63, 3.8) is 0 Å². The smallest absolute Gasteiger partial charge is 0.265 e. The number of carbonyl (C=O) groups excluding carboxylic acids is 2. The lowest BCUT2D eigenvalue weighted by Crippen LogP contribution is -2.38. The number of hydrogen-bond donors (Lipinski definition) is 1. The number of carbonyl (C=O) groups is 2. The number of halogens is 1. The minimum Gasteiger partial charge on any atom is -0.482 e. The molecule has 0 spiro atoms. The van der Waals surface area contributed by atoms with Crippen LogP contribution in [0.15, 0.2) is 72.8 Å². The molecule has 0 unspecified atom stereocenters. The van der Waals surface area contributed by atoms with Crippen molar-refractivity contribution >= 4 is 23.2 Å². The summed E-state index contributed by atoms with van der Waals surface area (Å²) in [5.74, 6) is -0.295. The summed E-state index contributed by atoms with van der Waals surface area (Å²) < 4.78 is 19.6. The number of benzene rings is 3. The van der Waals surface area contributed by atoms with Crippen molar-refractivity contribution in [2.24, 2.45) is 0 Å². The third-order valence-corrected chi connectivity index (χ3v) is 4.68. The molecule has 5 nitrogen and oxygen atoms in total. The van der Waals surface area contributed by atoms with Crippen LogP contribution >= 0.6 is 0 Å². The van der Waals surface area contributed by atoms with Crippen LogP contribution in [0.1, 0.15) is 11.1 Å². The van der Waals surface area contributed by atoms with E-state index in [1.807, 2.05) is 30.3 Å². The molecule has 2 amide bonds. The lowest BCUT2D eigenvalue weighted by atomic mass is 10.1. The summed E-state index contributed by atoms with van der Waals surface area (Å²) in [6.07, 6.45) is 0.242. The minimum atomic E-state index is -0.374. The van der Waals surface area contributed by atoms with Gasteiger partial charge in [-0.3, -0.25) is 9.59 Å². The number of ether oxygens (including phenoxy) is 1. The molecule has 0 aliphatic carbocycles. The third kappa shape index (κ3) is 4.27. The van der Waals surface area contributed by atoms with E-state index in [1.54, 1.807) is 36.4 Å². The first-order valence-corrected chi connectivity index (χ1v) is 9.24. The van der Waals surface area contributed by atoms with E-state index in [0.717, 1.165) is 5.56 Å². The topological polar surface area (TPSA) is 58.6 Å². The predicted octanol–water partition coefficient (Wildman–Crippen LogP) is 3.93. The van der Waals surface area contributed by atoms with E-state index < -0.39 is 0 Å². The summed E-state index contributed by atoms with van der Waals surface area (Å²) in [6.45, 7) is -0.0234. The molecule has 0 aromatic heterocycles. The van der Waals surface area contributed by atoms with Crippen molar-refractivity contribution < 1.29 is 18.7 Å². The van der Waals surface area contributed by atoms with Gasteiger partial charge in [0.2, 0.25) is 5.91 Å². The fraction of sp³-hybridized carbons (Fsp3) is 0.130. The standard InChI is InChI=1S/C23H19FN2O3/c24-19-9-5-4-8-17(19)14-26-20-13-18(10-11-21(20)29-15-23(26)28)25-22(27)12-16-6-2-1-3-7-16/h1-11,13H,12,14-15H2,(H,25,27). The number of anilines is 2. The van der Waals surface area contributed by atoms with E-state index in [9.17, 15) is 14.0 Å². The maximum atomic E-state index is 14.1. The zero-order valence-corrected chi connectivity index (χ0v) is 15.6. The first-order chi connectivity index (χ1) is 14.1. The first kappa shape index (κ1) is 18.7. The number of rotatable bonds is 5. The molecule has 1 aliphatic rings. The Kier molecular flexibility index (Phi) is 5.24. The number of amides is 2. The molecular formula is C23H19FN2O3. The monoisotopic (exact) mass is 390 g/mol. The molecule has 0 bridgehead atoms. The van der Waals surface area contributed by atoms with Gasteiger partial charge in [0.15, 0.2) is 6.61 Å². The van der Waals surface area contributed by atoms with E-state index >= 15 is 0 Å². The molecule has 1 N–H and O–H groups in total. The Hall–Kier alpha value is -3.67. The lowest BCUT2D eigenvalue weighted by Gasteiger charge is -2.30. The van der Waals surface area contributed by atoms with Gasteiger partial charge >= 0.3 is 0 Å². The van der Waals surface area contributed by atoms with Crippen LogP contribution in [0.2, 0.25) is 0 Å².